The Kier molecular flexibility index (Phi) is 12.5. The number of hydrogen-bond acceptors (Lipinski definition) is 9. The molecule has 12 nitrogen and oxygen atoms in total. The number of sulfone groups is 1. The van der Waals surface area contributed by atoms with Crippen molar-refractivity contribution in [2.75, 3.05) is 19.6 Å². The van der Waals surface area contributed by atoms with Crippen LogP contribution in [0.1, 0.15) is 70.4 Å². The predicted octanol–water partition coefficient (Wildman–Crippen LogP) is 4.18. The maximum absolute atomic E-state index is 13.9. The second-order valence-corrected chi connectivity index (χ2v) is 18.2. The van der Waals surface area contributed by atoms with E-state index in [1.165, 1.54) is 17.2 Å². The van der Waals surface area contributed by atoms with E-state index in [0.717, 1.165) is 10.9 Å². The summed E-state index contributed by atoms with van der Waals surface area (Å²) in [6.45, 7) is 11.0. The van der Waals surface area contributed by atoms with Crippen molar-refractivity contribution < 1.29 is 27.9 Å². The number of aliphatic hydroxyl groups is 1. The molecule has 1 fully saturated rings. The molecular weight excluding hydrogens is 705 g/mol. The summed E-state index contributed by atoms with van der Waals surface area (Å²) in [4.78, 5) is 53.4. The first-order chi connectivity index (χ1) is 25.4. The normalized spacial score (nSPS) is 18.1. The number of likely N-dealkylation sites (tertiary alicyclic amines) is 1. The Morgan fingerprint density at radius 2 is 1.61 bits per heavy atom. The minimum atomic E-state index is -3.83. The number of benzene rings is 2. The Morgan fingerprint density at radius 3 is 2.28 bits per heavy atom. The van der Waals surface area contributed by atoms with E-state index in [0.29, 0.717) is 5.52 Å². The number of pyridine rings is 2. The van der Waals surface area contributed by atoms with E-state index < -0.39 is 56.2 Å². The molecule has 0 spiro atoms. The van der Waals surface area contributed by atoms with Gasteiger partial charge in [-0.3, -0.25) is 19.3 Å². The molecule has 1 saturated heterocycles. The Hall–Kier alpha value is -4.72. The van der Waals surface area contributed by atoms with Gasteiger partial charge in [-0.15, -0.1) is 0 Å². The molecule has 288 valence electrons. The van der Waals surface area contributed by atoms with Crippen LogP contribution in [0.4, 0.5) is 0 Å². The first kappa shape index (κ1) is 40.5. The summed E-state index contributed by atoms with van der Waals surface area (Å²) in [6, 6.07) is 23.4. The smallest absolute Gasteiger partial charge is 0.273 e. The number of piperidine rings is 1. The van der Waals surface area contributed by atoms with Crippen molar-refractivity contribution >= 4 is 38.5 Å². The van der Waals surface area contributed by atoms with E-state index in [2.05, 4.69) is 20.6 Å². The van der Waals surface area contributed by atoms with Crippen LogP contribution in [0, 0.1) is 0 Å². The molecule has 5 rings (SSSR count). The van der Waals surface area contributed by atoms with Gasteiger partial charge in [0.2, 0.25) is 11.8 Å². The average molecular weight is 757 g/mol. The Bertz CT molecular complexity index is 2030. The quantitative estimate of drug-likeness (QED) is 0.193. The number of rotatable bonds is 12. The maximum atomic E-state index is 13.9. The van der Waals surface area contributed by atoms with Crippen LogP contribution < -0.4 is 10.6 Å². The summed E-state index contributed by atoms with van der Waals surface area (Å²) >= 11 is 0. The van der Waals surface area contributed by atoms with Crippen molar-refractivity contribution in [3.63, 3.8) is 0 Å². The minimum absolute atomic E-state index is 0.00864. The molecule has 54 heavy (non-hydrogen) atoms. The van der Waals surface area contributed by atoms with Gasteiger partial charge in [0.25, 0.3) is 5.91 Å². The number of aromatic nitrogens is 2. The number of para-hydroxylation sites is 1. The number of aliphatic hydroxyl groups excluding tert-OH is 1. The molecule has 2 aromatic heterocycles. The first-order valence-corrected chi connectivity index (χ1v) is 19.9. The third kappa shape index (κ3) is 10.3. The highest BCUT2D eigenvalue weighted by Crippen LogP contribution is 2.28. The molecule has 0 aliphatic carbocycles. The van der Waals surface area contributed by atoms with E-state index in [1.54, 1.807) is 23.1 Å². The second kappa shape index (κ2) is 16.7. The van der Waals surface area contributed by atoms with Gasteiger partial charge in [0, 0.05) is 35.8 Å². The van der Waals surface area contributed by atoms with Gasteiger partial charge in [-0.25, -0.2) is 18.4 Å². The number of hydrogen-bond donors (Lipinski definition) is 3. The number of nitrogens with zero attached hydrogens (tertiary/aromatic N) is 4. The average Bonchev–Trinajstić information content (AvgIpc) is 3.12. The molecule has 0 radical (unpaired) electrons. The summed E-state index contributed by atoms with van der Waals surface area (Å²) in [5, 5.41) is 17.9. The Balaban J connectivity index is 1.37. The fraction of sp³-hybridized carbons (Fsp3) is 0.439. The third-order valence-electron chi connectivity index (χ3n) is 9.54. The van der Waals surface area contributed by atoms with E-state index >= 15 is 0 Å². The van der Waals surface area contributed by atoms with Gasteiger partial charge in [-0.2, -0.15) is 0 Å². The molecule has 1 aliphatic rings. The molecule has 4 aromatic rings. The molecule has 3 heterocycles. The second-order valence-electron chi connectivity index (χ2n) is 16.0. The Morgan fingerprint density at radius 1 is 0.926 bits per heavy atom. The lowest BCUT2D eigenvalue weighted by atomic mass is 9.96. The number of carbonyl (C=O) groups excluding carboxylic acids is 3. The van der Waals surface area contributed by atoms with Gasteiger partial charge in [0.15, 0.2) is 14.9 Å². The van der Waals surface area contributed by atoms with E-state index in [1.807, 2.05) is 102 Å². The van der Waals surface area contributed by atoms with E-state index in [-0.39, 0.29) is 55.5 Å². The SMILES string of the molecule is CC(C)(C)NC(=O)[C@@H]1C[C@H](S(=O)(=O)c2ccccn2)CCN1C[C@@H](O)[C@H](Cc1ccccc1)NC(=O)CN(C(=O)c1ccc2ccccc2n1)C(C)(C)C. The molecular formula is C41H52N6O6S. The zero-order valence-corrected chi connectivity index (χ0v) is 32.7. The molecule has 2 aromatic carbocycles. The summed E-state index contributed by atoms with van der Waals surface area (Å²) in [5.74, 6) is -1.22. The fourth-order valence-corrected chi connectivity index (χ4v) is 8.41. The van der Waals surface area contributed by atoms with Gasteiger partial charge in [-0.05, 0) is 90.6 Å². The molecule has 0 bridgehead atoms. The van der Waals surface area contributed by atoms with Crippen molar-refractivity contribution in [1.29, 1.82) is 0 Å². The maximum Gasteiger partial charge on any atom is 0.273 e. The largest absolute Gasteiger partial charge is 0.390 e. The number of β-amino-alcohol motifs (C(OH)–C–C–N with tert-alkyl or cyclic N) is 1. The van der Waals surface area contributed by atoms with Crippen molar-refractivity contribution in [1.82, 2.24) is 30.4 Å². The highest BCUT2D eigenvalue weighted by Gasteiger charge is 2.42. The van der Waals surface area contributed by atoms with Crippen LogP contribution in [0.2, 0.25) is 0 Å². The summed E-state index contributed by atoms with van der Waals surface area (Å²) < 4.78 is 27.2. The summed E-state index contributed by atoms with van der Waals surface area (Å²) in [5.41, 5.74) is 0.415. The van der Waals surface area contributed by atoms with Gasteiger partial charge in [0.1, 0.15) is 12.2 Å². The van der Waals surface area contributed by atoms with Crippen LogP contribution in [0.25, 0.3) is 10.9 Å². The monoisotopic (exact) mass is 756 g/mol. The van der Waals surface area contributed by atoms with Gasteiger partial charge >= 0.3 is 0 Å². The van der Waals surface area contributed by atoms with Crippen molar-refractivity contribution in [2.24, 2.45) is 0 Å². The third-order valence-corrected chi connectivity index (χ3v) is 11.7. The highest BCUT2D eigenvalue weighted by atomic mass is 32.2. The molecule has 0 saturated carbocycles. The molecule has 3 amide bonds. The van der Waals surface area contributed by atoms with Crippen molar-refractivity contribution in [3.8, 4) is 0 Å². The summed E-state index contributed by atoms with van der Waals surface area (Å²) in [6.07, 6.45) is 0.775. The molecule has 1 aliphatic heterocycles. The summed E-state index contributed by atoms with van der Waals surface area (Å²) in [7, 11) is -3.83. The minimum Gasteiger partial charge on any atom is -0.390 e. The molecule has 4 atom stereocenters. The lowest BCUT2D eigenvalue weighted by molar-refractivity contribution is -0.130. The number of nitrogens with one attached hydrogen (secondary N) is 2. The fourth-order valence-electron chi connectivity index (χ4n) is 6.75. The van der Waals surface area contributed by atoms with E-state index in [4.69, 9.17) is 0 Å². The lowest BCUT2D eigenvalue weighted by Gasteiger charge is -2.41. The predicted molar refractivity (Wildman–Crippen MR) is 208 cm³/mol. The van der Waals surface area contributed by atoms with Gasteiger partial charge < -0.3 is 20.6 Å². The number of fused-ring (bicyclic) bond motifs is 1. The zero-order chi connectivity index (χ0) is 39.3. The van der Waals surface area contributed by atoms with Crippen molar-refractivity contribution in [3.05, 3.63) is 102 Å². The molecule has 13 heteroatoms. The Labute approximate surface area is 318 Å². The van der Waals surface area contributed by atoms with Crippen molar-refractivity contribution in [2.45, 2.75) is 100 Å². The van der Waals surface area contributed by atoms with Crippen LogP contribution in [0.15, 0.2) is 96.2 Å². The van der Waals surface area contributed by atoms with Gasteiger partial charge in [0.05, 0.1) is 29.0 Å². The molecule has 3 N–H and O–H groups in total. The van der Waals surface area contributed by atoms with E-state index in [9.17, 15) is 27.9 Å². The zero-order valence-electron chi connectivity index (χ0n) is 31.9. The van der Waals surface area contributed by atoms with Gasteiger partial charge in [-0.1, -0.05) is 60.7 Å². The number of carbonyl (C=O) groups is 3. The van der Waals surface area contributed by atoms with Crippen LogP contribution in [0.5, 0.6) is 0 Å². The lowest BCUT2D eigenvalue weighted by Crippen LogP contribution is -2.60. The topological polar surface area (TPSA) is 162 Å². The molecule has 0 unspecified atom stereocenters. The van der Waals surface area contributed by atoms with Crippen LogP contribution in [-0.4, -0.2) is 105 Å². The standard InChI is InChI=1S/C41H52N6O6S/c1-40(2,3)45-38(50)34-25-30(54(52,53)37-18-12-13-22-42-37)21-23-46(34)26-35(48)33(24-28-14-8-7-9-15-28)44-36(49)27-47(41(4,5)6)39(51)32-20-19-29-16-10-11-17-31(29)43-32/h7-20,22,30,33-35,48H,21,23-27H2,1-6H3,(H,44,49)(H,45,50)/t30-,33+,34+,35-/m1/s1. The van der Waals surface area contributed by atoms with Crippen LogP contribution >= 0.6 is 0 Å². The van der Waals surface area contributed by atoms with Crippen LogP contribution in [0.3, 0.4) is 0 Å². The number of amides is 3. The first-order valence-electron chi connectivity index (χ1n) is 18.3. The highest BCUT2D eigenvalue weighted by molar-refractivity contribution is 7.92. The van der Waals surface area contributed by atoms with Crippen LogP contribution in [-0.2, 0) is 25.8 Å².